The van der Waals surface area contributed by atoms with Crippen LogP contribution in [0, 0.1) is 6.92 Å². The quantitative estimate of drug-likeness (QED) is 0.444. The second-order valence-corrected chi connectivity index (χ2v) is 8.75. The number of hydrazone groups is 1. The van der Waals surface area contributed by atoms with Crippen molar-refractivity contribution in [1.82, 2.24) is 5.43 Å². The molecule has 0 aromatic heterocycles. The minimum Gasteiger partial charge on any atom is -0.271 e. The van der Waals surface area contributed by atoms with Gasteiger partial charge in [-0.05, 0) is 42.8 Å². The van der Waals surface area contributed by atoms with Gasteiger partial charge >= 0.3 is 0 Å². The topological polar surface area (TPSA) is 78.8 Å². The molecule has 0 fully saturated rings. The van der Waals surface area contributed by atoms with E-state index in [0.29, 0.717) is 16.3 Å². The highest BCUT2D eigenvalue weighted by atomic mass is 35.5. The van der Waals surface area contributed by atoms with Gasteiger partial charge in [-0.1, -0.05) is 60.1 Å². The number of amides is 1. The van der Waals surface area contributed by atoms with E-state index in [2.05, 4.69) is 10.5 Å². The monoisotopic (exact) mass is 441 g/mol. The van der Waals surface area contributed by atoms with Crippen molar-refractivity contribution >= 4 is 39.4 Å². The summed E-state index contributed by atoms with van der Waals surface area (Å²) in [7, 11) is -3.95. The molecule has 8 heteroatoms. The molecule has 3 aromatic carbocycles. The Morgan fingerprint density at radius 1 is 1.03 bits per heavy atom. The van der Waals surface area contributed by atoms with Crippen molar-refractivity contribution in [3.63, 3.8) is 0 Å². The number of aryl methyl sites for hydroxylation is 1. The Morgan fingerprint density at radius 3 is 2.43 bits per heavy atom. The Bertz CT molecular complexity index is 1170. The van der Waals surface area contributed by atoms with Crippen LogP contribution < -0.4 is 9.73 Å². The summed E-state index contributed by atoms with van der Waals surface area (Å²) in [4.78, 5) is 12.6. The highest BCUT2D eigenvalue weighted by Crippen LogP contribution is 2.24. The molecular formula is C22H20ClN3O3S. The maximum Gasteiger partial charge on any atom is 0.264 e. The molecule has 30 heavy (non-hydrogen) atoms. The molecule has 3 aromatic rings. The van der Waals surface area contributed by atoms with Crippen LogP contribution in [0.5, 0.6) is 0 Å². The smallest absolute Gasteiger partial charge is 0.264 e. The van der Waals surface area contributed by atoms with Crippen molar-refractivity contribution in [2.75, 3.05) is 10.8 Å². The number of nitrogens with one attached hydrogen (secondary N) is 1. The summed E-state index contributed by atoms with van der Waals surface area (Å²) < 4.78 is 27.5. The fourth-order valence-electron chi connectivity index (χ4n) is 2.74. The lowest BCUT2D eigenvalue weighted by Gasteiger charge is -2.24. The highest BCUT2D eigenvalue weighted by molar-refractivity contribution is 7.92. The molecule has 0 aliphatic heterocycles. The number of benzene rings is 3. The van der Waals surface area contributed by atoms with E-state index in [1.165, 1.54) is 18.3 Å². The van der Waals surface area contributed by atoms with Crippen LogP contribution in [-0.2, 0) is 14.8 Å². The van der Waals surface area contributed by atoms with Crippen molar-refractivity contribution in [2.45, 2.75) is 11.8 Å². The van der Waals surface area contributed by atoms with Crippen LogP contribution in [0.4, 0.5) is 5.69 Å². The zero-order valence-electron chi connectivity index (χ0n) is 16.2. The van der Waals surface area contributed by atoms with Crippen molar-refractivity contribution in [1.29, 1.82) is 0 Å². The average Bonchev–Trinajstić information content (AvgIpc) is 2.74. The van der Waals surface area contributed by atoms with Crippen molar-refractivity contribution in [2.24, 2.45) is 5.10 Å². The number of rotatable bonds is 7. The predicted molar refractivity (Wildman–Crippen MR) is 119 cm³/mol. The van der Waals surface area contributed by atoms with Gasteiger partial charge in [0, 0.05) is 10.6 Å². The number of carbonyl (C=O) groups is 1. The lowest BCUT2D eigenvalue weighted by Crippen LogP contribution is -2.39. The lowest BCUT2D eigenvalue weighted by molar-refractivity contribution is -0.119. The number of hydrogen-bond donors (Lipinski definition) is 1. The Morgan fingerprint density at radius 2 is 1.73 bits per heavy atom. The first kappa shape index (κ1) is 21.5. The molecular weight excluding hydrogens is 422 g/mol. The van der Waals surface area contributed by atoms with Gasteiger partial charge in [-0.25, -0.2) is 13.8 Å². The molecule has 154 valence electrons. The molecule has 0 radical (unpaired) electrons. The van der Waals surface area contributed by atoms with E-state index in [1.54, 1.807) is 60.7 Å². The van der Waals surface area contributed by atoms with E-state index in [9.17, 15) is 13.2 Å². The minimum atomic E-state index is -3.95. The molecule has 0 bridgehead atoms. The molecule has 0 spiro atoms. The summed E-state index contributed by atoms with van der Waals surface area (Å²) in [6, 6.07) is 22.0. The summed E-state index contributed by atoms with van der Waals surface area (Å²) in [5.74, 6) is -0.584. The summed E-state index contributed by atoms with van der Waals surface area (Å²) in [5, 5.41) is 4.38. The number of sulfonamides is 1. The molecule has 0 heterocycles. The highest BCUT2D eigenvalue weighted by Gasteiger charge is 2.27. The summed E-state index contributed by atoms with van der Waals surface area (Å²) in [5.41, 5.74) is 4.26. The number of hydrogen-bond acceptors (Lipinski definition) is 4. The van der Waals surface area contributed by atoms with Crippen molar-refractivity contribution in [3.05, 3.63) is 95.0 Å². The van der Waals surface area contributed by atoms with Gasteiger partial charge in [-0.15, -0.1) is 0 Å². The SMILES string of the molecule is Cc1cccc(N(CC(=O)N/N=C/c2ccccc2Cl)S(=O)(=O)c2ccccc2)c1. The Labute approximate surface area is 180 Å². The van der Waals surface area contributed by atoms with Gasteiger partial charge in [-0.3, -0.25) is 9.10 Å². The molecule has 1 amide bonds. The van der Waals surface area contributed by atoms with Gasteiger partial charge in [0.1, 0.15) is 6.54 Å². The molecule has 0 saturated heterocycles. The van der Waals surface area contributed by atoms with E-state index >= 15 is 0 Å². The van der Waals surface area contributed by atoms with Gasteiger partial charge < -0.3 is 0 Å². The number of halogens is 1. The fourth-order valence-corrected chi connectivity index (χ4v) is 4.36. The molecule has 0 aliphatic carbocycles. The van der Waals surface area contributed by atoms with E-state index < -0.39 is 22.5 Å². The van der Waals surface area contributed by atoms with E-state index in [1.807, 2.05) is 13.0 Å². The Kier molecular flexibility index (Phi) is 6.87. The summed E-state index contributed by atoms with van der Waals surface area (Å²) >= 11 is 6.05. The van der Waals surface area contributed by atoms with Crippen LogP contribution in [0.15, 0.2) is 88.9 Å². The van der Waals surface area contributed by atoms with E-state index in [4.69, 9.17) is 11.6 Å². The fraction of sp³-hybridized carbons (Fsp3) is 0.0909. The second kappa shape index (κ2) is 9.56. The van der Waals surface area contributed by atoms with Crippen LogP contribution >= 0.6 is 11.6 Å². The van der Waals surface area contributed by atoms with Gasteiger partial charge in [0.2, 0.25) is 0 Å². The first-order valence-electron chi connectivity index (χ1n) is 9.09. The normalized spacial score (nSPS) is 11.4. The van der Waals surface area contributed by atoms with Crippen LogP contribution in [0.2, 0.25) is 5.02 Å². The third-order valence-electron chi connectivity index (χ3n) is 4.21. The molecule has 6 nitrogen and oxygen atoms in total. The van der Waals surface area contributed by atoms with Crippen LogP contribution in [0.25, 0.3) is 0 Å². The second-order valence-electron chi connectivity index (χ2n) is 6.48. The van der Waals surface area contributed by atoms with Crippen molar-refractivity contribution < 1.29 is 13.2 Å². The van der Waals surface area contributed by atoms with Gasteiger partial charge in [0.25, 0.3) is 15.9 Å². The van der Waals surface area contributed by atoms with Crippen LogP contribution in [0.1, 0.15) is 11.1 Å². The lowest BCUT2D eigenvalue weighted by atomic mass is 10.2. The third-order valence-corrected chi connectivity index (χ3v) is 6.34. The van der Waals surface area contributed by atoms with Crippen LogP contribution in [0.3, 0.4) is 0 Å². The molecule has 0 aliphatic rings. The number of carbonyl (C=O) groups excluding carboxylic acids is 1. The minimum absolute atomic E-state index is 0.0962. The maximum atomic E-state index is 13.2. The molecule has 0 saturated carbocycles. The molecule has 3 rings (SSSR count). The number of nitrogens with zero attached hydrogens (tertiary/aromatic N) is 2. The average molecular weight is 442 g/mol. The predicted octanol–water partition coefficient (Wildman–Crippen LogP) is 3.99. The zero-order valence-corrected chi connectivity index (χ0v) is 17.8. The summed E-state index contributed by atoms with van der Waals surface area (Å²) in [6.07, 6.45) is 1.41. The Hall–Kier alpha value is -3.16. The third kappa shape index (κ3) is 5.25. The largest absolute Gasteiger partial charge is 0.271 e. The first-order valence-corrected chi connectivity index (χ1v) is 10.9. The zero-order chi connectivity index (χ0) is 21.6. The standard InChI is InChI=1S/C22H20ClN3O3S/c1-17-8-7-10-19(14-17)26(30(28,29)20-11-3-2-4-12-20)16-22(27)25-24-15-18-9-5-6-13-21(18)23/h2-15H,16H2,1H3,(H,25,27)/b24-15+. The van der Waals surface area contributed by atoms with E-state index in [0.717, 1.165) is 9.87 Å². The maximum absolute atomic E-state index is 13.2. The summed E-state index contributed by atoms with van der Waals surface area (Å²) in [6.45, 7) is 1.42. The first-order chi connectivity index (χ1) is 14.4. The molecule has 0 unspecified atom stereocenters. The van der Waals surface area contributed by atoms with E-state index in [-0.39, 0.29) is 4.90 Å². The molecule has 1 N–H and O–H groups in total. The number of anilines is 1. The van der Waals surface area contributed by atoms with Gasteiger partial charge in [-0.2, -0.15) is 5.10 Å². The molecule has 0 atom stereocenters. The van der Waals surface area contributed by atoms with Gasteiger partial charge in [0.05, 0.1) is 16.8 Å². The van der Waals surface area contributed by atoms with Crippen molar-refractivity contribution in [3.8, 4) is 0 Å². The van der Waals surface area contributed by atoms with Crippen LogP contribution in [-0.4, -0.2) is 27.1 Å². The van der Waals surface area contributed by atoms with Gasteiger partial charge in [0.15, 0.2) is 0 Å². The Balaban J connectivity index is 1.84.